The van der Waals surface area contributed by atoms with E-state index >= 15 is 0 Å². The van der Waals surface area contributed by atoms with Crippen molar-refractivity contribution in [2.75, 3.05) is 17.2 Å². The van der Waals surface area contributed by atoms with E-state index in [4.69, 9.17) is 11.5 Å². The zero-order valence-corrected chi connectivity index (χ0v) is 11.7. The molecule has 20 heavy (non-hydrogen) atoms. The van der Waals surface area contributed by atoms with Crippen molar-refractivity contribution in [3.63, 3.8) is 0 Å². The minimum Gasteiger partial charge on any atom is -0.394 e. The van der Waals surface area contributed by atoms with E-state index < -0.39 is 10.9 Å². The highest BCUT2D eigenvalue weighted by atomic mass is 35.5. The molecule has 0 aromatic heterocycles. The van der Waals surface area contributed by atoms with Crippen molar-refractivity contribution in [1.29, 1.82) is 0 Å². The van der Waals surface area contributed by atoms with Crippen molar-refractivity contribution in [1.82, 2.24) is 0 Å². The maximum absolute atomic E-state index is 11.7. The highest BCUT2D eigenvalue weighted by molar-refractivity contribution is 5.85. The summed E-state index contributed by atoms with van der Waals surface area (Å²) in [7, 11) is 0. The maximum atomic E-state index is 11.7. The summed E-state index contributed by atoms with van der Waals surface area (Å²) in [6.07, 6.45) is 1.90. The number of nitrogens with two attached hydrogens (primary N) is 2. The second-order valence-electron chi connectivity index (χ2n) is 4.84. The van der Waals surface area contributed by atoms with Crippen LogP contribution in [0, 0.1) is 0 Å². The quantitative estimate of drug-likeness (QED) is 0.801. The Morgan fingerprint density at radius 1 is 1.20 bits per heavy atom. The number of benzene rings is 1. The number of hydrogen-bond acceptors (Lipinski definition) is 5. The Hall–Kier alpha value is -1.85. The van der Waals surface area contributed by atoms with Crippen molar-refractivity contribution >= 4 is 29.5 Å². The summed E-state index contributed by atoms with van der Waals surface area (Å²) in [6.45, 7) is 1.15. The Morgan fingerprint density at radius 3 is 2.60 bits per heavy atom. The molecule has 0 atom stereocenters. The highest BCUT2D eigenvalue weighted by Crippen LogP contribution is 2.34. The number of nitrogens with zero attached hydrogens (tertiary/aromatic N) is 1. The highest BCUT2D eigenvalue weighted by Gasteiger charge is 2.28. The molecule has 1 heterocycles. The number of halogens is 1. The molecular formula is C14H16ClN3O2. The van der Waals surface area contributed by atoms with E-state index in [0.29, 0.717) is 18.8 Å². The van der Waals surface area contributed by atoms with Crippen molar-refractivity contribution in [3.8, 4) is 0 Å². The standard InChI is InChI=1S/C14H15N3O2.ClH/c15-7-8-3-4-9-2-1-5-17(10(9)6-8)12-11(16)13(18)14(12)19;/h3-4,6H,1-2,5,7,15-16H2;1H. The molecule has 0 aliphatic carbocycles. The second-order valence-corrected chi connectivity index (χ2v) is 4.84. The van der Waals surface area contributed by atoms with Crippen LogP contribution in [0.25, 0.3) is 0 Å². The van der Waals surface area contributed by atoms with Crippen LogP contribution in [0.2, 0.25) is 0 Å². The molecule has 2 aromatic rings. The van der Waals surface area contributed by atoms with Crippen LogP contribution in [0.3, 0.4) is 0 Å². The molecule has 106 valence electrons. The lowest BCUT2D eigenvalue weighted by molar-refractivity contribution is 0.762. The molecule has 0 amide bonds. The van der Waals surface area contributed by atoms with Gasteiger partial charge in [0.15, 0.2) is 0 Å². The van der Waals surface area contributed by atoms with E-state index in [-0.39, 0.29) is 18.1 Å². The fraction of sp³-hybridized carbons (Fsp3) is 0.286. The first-order valence-electron chi connectivity index (χ1n) is 6.31. The molecule has 0 fully saturated rings. The van der Waals surface area contributed by atoms with Crippen LogP contribution in [0.1, 0.15) is 17.5 Å². The number of nitrogen functional groups attached to an aromatic ring is 1. The number of anilines is 3. The third-order valence-electron chi connectivity index (χ3n) is 3.70. The number of fused-ring (bicyclic) bond motifs is 1. The van der Waals surface area contributed by atoms with Crippen LogP contribution in [-0.4, -0.2) is 6.54 Å². The van der Waals surface area contributed by atoms with Gasteiger partial charge >= 0.3 is 0 Å². The van der Waals surface area contributed by atoms with E-state index in [1.165, 1.54) is 0 Å². The van der Waals surface area contributed by atoms with Crippen LogP contribution in [0.4, 0.5) is 17.1 Å². The molecule has 1 aliphatic heterocycles. The zero-order chi connectivity index (χ0) is 13.6. The van der Waals surface area contributed by atoms with Crippen molar-refractivity contribution < 1.29 is 0 Å². The van der Waals surface area contributed by atoms with Gasteiger partial charge in [-0.15, -0.1) is 12.4 Å². The molecule has 0 saturated heterocycles. The Labute approximate surface area is 122 Å². The van der Waals surface area contributed by atoms with Gasteiger partial charge in [0.2, 0.25) is 0 Å². The maximum Gasteiger partial charge on any atom is 0.253 e. The summed E-state index contributed by atoms with van der Waals surface area (Å²) < 4.78 is 0. The van der Waals surface area contributed by atoms with Gasteiger partial charge in [-0.2, -0.15) is 0 Å². The fourth-order valence-electron chi connectivity index (χ4n) is 2.64. The third-order valence-corrected chi connectivity index (χ3v) is 3.70. The molecule has 0 radical (unpaired) electrons. The average Bonchev–Trinajstić information content (AvgIpc) is 2.46. The molecule has 1 aliphatic rings. The topological polar surface area (TPSA) is 89.4 Å². The zero-order valence-electron chi connectivity index (χ0n) is 10.9. The Balaban J connectivity index is 0.00000147. The fourth-order valence-corrected chi connectivity index (χ4v) is 2.64. The van der Waals surface area contributed by atoms with Crippen molar-refractivity contribution in [3.05, 3.63) is 49.8 Å². The van der Waals surface area contributed by atoms with Gasteiger partial charge in [-0.05, 0) is 30.0 Å². The number of aryl methyl sites for hydroxylation is 1. The van der Waals surface area contributed by atoms with E-state index in [9.17, 15) is 9.59 Å². The Kier molecular flexibility index (Phi) is 3.83. The minimum atomic E-state index is -0.572. The van der Waals surface area contributed by atoms with E-state index in [1.54, 1.807) is 0 Å². The van der Waals surface area contributed by atoms with Crippen molar-refractivity contribution in [2.45, 2.75) is 19.4 Å². The third kappa shape index (κ3) is 1.99. The first kappa shape index (κ1) is 14.6. The first-order chi connectivity index (χ1) is 9.13. The molecule has 2 aromatic carbocycles. The van der Waals surface area contributed by atoms with Gasteiger partial charge in [0, 0.05) is 18.8 Å². The predicted octanol–water partition coefficient (Wildman–Crippen LogP) is 0.830. The summed E-state index contributed by atoms with van der Waals surface area (Å²) >= 11 is 0. The summed E-state index contributed by atoms with van der Waals surface area (Å²) in [5, 5.41) is 0. The van der Waals surface area contributed by atoms with Gasteiger partial charge in [-0.3, -0.25) is 9.59 Å². The molecular weight excluding hydrogens is 278 g/mol. The van der Waals surface area contributed by atoms with Crippen LogP contribution in [0.15, 0.2) is 27.8 Å². The molecule has 0 unspecified atom stereocenters. The van der Waals surface area contributed by atoms with Crippen LogP contribution in [-0.2, 0) is 13.0 Å². The van der Waals surface area contributed by atoms with Gasteiger partial charge in [0.25, 0.3) is 10.9 Å². The Morgan fingerprint density at radius 2 is 1.95 bits per heavy atom. The lowest BCUT2D eigenvalue weighted by atomic mass is 9.98. The average molecular weight is 294 g/mol. The van der Waals surface area contributed by atoms with Crippen LogP contribution < -0.4 is 27.2 Å². The minimum absolute atomic E-state index is 0. The predicted molar refractivity (Wildman–Crippen MR) is 82.7 cm³/mol. The molecule has 0 spiro atoms. The first-order valence-corrected chi connectivity index (χ1v) is 6.31. The lowest BCUT2D eigenvalue weighted by Gasteiger charge is -2.32. The van der Waals surface area contributed by atoms with Crippen LogP contribution in [0.5, 0.6) is 0 Å². The Bertz CT molecular complexity index is 720. The van der Waals surface area contributed by atoms with E-state index in [2.05, 4.69) is 0 Å². The normalized spacial score (nSPS) is 13.9. The summed E-state index contributed by atoms with van der Waals surface area (Å²) in [6, 6.07) is 6.00. The molecule has 0 saturated carbocycles. The van der Waals surface area contributed by atoms with Crippen LogP contribution >= 0.6 is 12.4 Å². The molecule has 3 rings (SSSR count). The van der Waals surface area contributed by atoms with E-state index in [0.717, 1.165) is 29.7 Å². The summed E-state index contributed by atoms with van der Waals surface area (Å²) in [5.74, 6) is 0. The van der Waals surface area contributed by atoms with Crippen molar-refractivity contribution in [2.24, 2.45) is 5.73 Å². The van der Waals surface area contributed by atoms with Gasteiger partial charge in [-0.25, -0.2) is 0 Å². The second kappa shape index (κ2) is 5.26. The number of rotatable bonds is 2. The number of hydrogen-bond donors (Lipinski definition) is 2. The largest absolute Gasteiger partial charge is 0.394 e. The van der Waals surface area contributed by atoms with Gasteiger partial charge in [-0.1, -0.05) is 12.1 Å². The summed E-state index contributed by atoms with van der Waals surface area (Å²) in [5.41, 5.74) is 13.8. The SMILES string of the molecule is Cl.NCc1ccc2c(c1)N(c1c(N)c(=O)c1=O)CCC2. The summed E-state index contributed by atoms with van der Waals surface area (Å²) in [4.78, 5) is 24.8. The van der Waals surface area contributed by atoms with Gasteiger partial charge in [0.05, 0.1) is 0 Å². The molecule has 0 bridgehead atoms. The molecule has 4 N–H and O–H groups in total. The lowest BCUT2D eigenvalue weighted by Crippen LogP contribution is -2.42. The van der Waals surface area contributed by atoms with E-state index in [1.807, 2.05) is 23.1 Å². The smallest absolute Gasteiger partial charge is 0.253 e. The molecule has 5 nitrogen and oxygen atoms in total. The monoisotopic (exact) mass is 293 g/mol. The van der Waals surface area contributed by atoms with Gasteiger partial charge in [0.1, 0.15) is 11.4 Å². The molecule has 6 heteroatoms. The van der Waals surface area contributed by atoms with Gasteiger partial charge < -0.3 is 16.4 Å².